The van der Waals surface area contributed by atoms with Crippen molar-refractivity contribution in [2.75, 3.05) is 6.61 Å². The molecule has 4 nitrogen and oxygen atoms in total. The number of halogens is 2. The molecule has 2 aromatic carbocycles. The summed E-state index contributed by atoms with van der Waals surface area (Å²) in [6.07, 6.45) is 2.98. The molecule has 0 saturated heterocycles. The van der Waals surface area contributed by atoms with Gasteiger partial charge < -0.3 is 10.1 Å². The number of carbonyl (C=O) groups is 2. The molecule has 0 saturated carbocycles. The van der Waals surface area contributed by atoms with E-state index in [1.807, 2.05) is 0 Å². The lowest BCUT2D eigenvalue weighted by Crippen LogP contribution is -2.28. The lowest BCUT2D eigenvalue weighted by molar-refractivity contribution is -0.138. The molecule has 0 radical (unpaired) electrons. The van der Waals surface area contributed by atoms with Crippen molar-refractivity contribution in [2.45, 2.75) is 0 Å². The lowest BCUT2D eigenvalue weighted by Gasteiger charge is -2.10. The Bertz CT molecular complexity index is 798. The molecular weight excluding hydrogens is 406 g/mol. The van der Waals surface area contributed by atoms with Gasteiger partial charge in [-0.05, 0) is 48.0 Å². The van der Waals surface area contributed by atoms with Gasteiger partial charge in [0, 0.05) is 15.1 Å². The van der Waals surface area contributed by atoms with Crippen LogP contribution in [0.1, 0.15) is 15.9 Å². The van der Waals surface area contributed by atoms with Gasteiger partial charge in [-0.1, -0.05) is 52.3 Å². The van der Waals surface area contributed by atoms with Crippen molar-refractivity contribution < 1.29 is 14.3 Å². The van der Waals surface area contributed by atoms with Gasteiger partial charge in [0.25, 0.3) is 5.91 Å². The summed E-state index contributed by atoms with van der Waals surface area (Å²) in [5.41, 5.74) is 1.14. The van der Waals surface area contributed by atoms with Gasteiger partial charge in [-0.25, -0.2) is 4.79 Å². The first-order chi connectivity index (χ1) is 12.0. The monoisotopic (exact) mass is 419 g/mol. The second kappa shape index (κ2) is 9.20. The van der Waals surface area contributed by atoms with Crippen LogP contribution in [0.5, 0.6) is 0 Å². The highest BCUT2D eigenvalue weighted by atomic mass is 79.9. The van der Waals surface area contributed by atoms with E-state index in [1.165, 1.54) is 12.2 Å². The van der Waals surface area contributed by atoms with Crippen LogP contribution in [0.25, 0.3) is 6.08 Å². The molecule has 0 aliphatic carbocycles. The first-order valence-electron chi connectivity index (χ1n) is 7.32. The van der Waals surface area contributed by atoms with E-state index in [0.717, 1.165) is 4.47 Å². The molecule has 6 heteroatoms. The molecule has 1 N–H and O–H groups in total. The number of amides is 1. The second-order valence-electron chi connectivity index (χ2n) is 4.96. The molecule has 0 heterocycles. The van der Waals surface area contributed by atoms with E-state index in [-0.39, 0.29) is 12.3 Å². The molecule has 0 aromatic heterocycles. The van der Waals surface area contributed by atoms with Gasteiger partial charge in [0.1, 0.15) is 12.3 Å². The van der Waals surface area contributed by atoms with Gasteiger partial charge in [-0.15, -0.1) is 0 Å². The van der Waals surface area contributed by atoms with Gasteiger partial charge in [-0.2, -0.15) is 0 Å². The fourth-order valence-electron chi connectivity index (χ4n) is 1.88. The van der Waals surface area contributed by atoms with Crippen molar-refractivity contribution in [2.24, 2.45) is 0 Å². The maximum absolute atomic E-state index is 12.4. The fraction of sp³-hybridized carbons (Fsp3) is 0.0526. The van der Waals surface area contributed by atoms with Crippen LogP contribution in [0, 0.1) is 0 Å². The first kappa shape index (κ1) is 19.0. The summed E-state index contributed by atoms with van der Waals surface area (Å²) < 4.78 is 5.88. The lowest BCUT2D eigenvalue weighted by atomic mass is 10.1. The number of ether oxygens (including phenoxy) is 1. The Kier molecular flexibility index (Phi) is 6.98. The van der Waals surface area contributed by atoms with Crippen LogP contribution < -0.4 is 5.32 Å². The van der Waals surface area contributed by atoms with Crippen LogP contribution in [0.3, 0.4) is 0 Å². The van der Waals surface area contributed by atoms with Crippen LogP contribution in [-0.2, 0) is 9.53 Å². The van der Waals surface area contributed by atoms with Crippen molar-refractivity contribution in [1.29, 1.82) is 0 Å². The number of esters is 1. The average molecular weight is 421 g/mol. The molecule has 0 aliphatic rings. The van der Waals surface area contributed by atoms with E-state index in [0.29, 0.717) is 16.1 Å². The molecule has 0 atom stereocenters. The van der Waals surface area contributed by atoms with Crippen molar-refractivity contribution in [3.63, 3.8) is 0 Å². The molecule has 0 bridgehead atoms. The standard InChI is InChI=1S/C19H15BrClNO3/c1-2-11-25-19(24)17(12-13-3-9-16(21)10-4-13)22-18(23)14-5-7-15(20)8-6-14/h2-10,12H,1,11H2,(H,22,23)/b17-12-. The largest absolute Gasteiger partial charge is 0.457 e. The molecule has 0 unspecified atom stereocenters. The highest BCUT2D eigenvalue weighted by molar-refractivity contribution is 9.10. The molecule has 1 amide bonds. The van der Waals surface area contributed by atoms with E-state index in [1.54, 1.807) is 48.5 Å². The first-order valence-corrected chi connectivity index (χ1v) is 8.49. The Balaban J connectivity index is 2.25. The average Bonchev–Trinajstić information content (AvgIpc) is 2.61. The van der Waals surface area contributed by atoms with Crippen LogP contribution >= 0.6 is 27.5 Å². The Labute approximate surface area is 159 Å². The summed E-state index contributed by atoms with van der Waals surface area (Å²) in [4.78, 5) is 24.6. The quantitative estimate of drug-likeness (QED) is 0.422. The van der Waals surface area contributed by atoms with Gasteiger partial charge in [0.15, 0.2) is 0 Å². The topological polar surface area (TPSA) is 55.4 Å². The molecule has 25 heavy (non-hydrogen) atoms. The van der Waals surface area contributed by atoms with Gasteiger partial charge in [0.2, 0.25) is 0 Å². The maximum Gasteiger partial charge on any atom is 0.355 e. The summed E-state index contributed by atoms with van der Waals surface area (Å²) in [7, 11) is 0. The summed E-state index contributed by atoms with van der Waals surface area (Å²) in [5.74, 6) is -1.07. The predicted octanol–water partition coefficient (Wildman–Crippen LogP) is 4.60. The summed E-state index contributed by atoms with van der Waals surface area (Å²) >= 11 is 9.17. The van der Waals surface area contributed by atoms with Crippen LogP contribution in [0.2, 0.25) is 5.02 Å². The number of hydrogen-bond acceptors (Lipinski definition) is 3. The smallest absolute Gasteiger partial charge is 0.355 e. The zero-order chi connectivity index (χ0) is 18.2. The number of nitrogens with one attached hydrogen (secondary N) is 1. The van der Waals surface area contributed by atoms with Crippen molar-refractivity contribution in [3.8, 4) is 0 Å². The normalized spacial score (nSPS) is 10.9. The number of benzene rings is 2. The number of rotatable bonds is 6. The third-order valence-corrected chi connectivity index (χ3v) is 3.87. The molecule has 0 fully saturated rings. The van der Waals surface area contributed by atoms with Crippen LogP contribution in [0.4, 0.5) is 0 Å². The summed E-state index contributed by atoms with van der Waals surface area (Å²) in [6.45, 7) is 3.55. The fourth-order valence-corrected chi connectivity index (χ4v) is 2.27. The molecule has 0 spiro atoms. The predicted molar refractivity (Wildman–Crippen MR) is 102 cm³/mol. The molecular formula is C19H15BrClNO3. The Hall–Kier alpha value is -2.37. The summed E-state index contributed by atoms with van der Waals surface area (Å²) in [6, 6.07) is 13.6. The highest BCUT2D eigenvalue weighted by Gasteiger charge is 2.15. The molecule has 0 aliphatic heterocycles. The Morgan fingerprint density at radius 1 is 1.12 bits per heavy atom. The highest BCUT2D eigenvalue weighted by Crippen LogP contribution is 2.14. The van der Waals surface area contributed by atoms with Gasteiger partial charge in [-0.3, -0.25) is 4.79 Å². The Morgan fingerprint density at radius 3 is 2.36 bits per heavy atom. The van der Waals surface area contributed by atoms with E-state index < -0.39 is 11.9 Å². The minimum absolute atomic E-state index is 0.0251. The van der Waals surface area contributed by atoms with Gasteiger partial charge >= 0.3 is 5.97 Å². The minimum atomic E-state index is -0.652. The molecule has 2 rings (SSSR count). The van der Waals surface area contributed by atoms with E-state index in [4.69, 9.17) is 16.3 Å². The van der Waals surface area contributed by atoms with Crippen LogP contribution in [0.15, 0.2) is 71.4 Å². The maximum atomic E-state index is 12.4. The molecule has 128 valence electrons. The third kappa shape index (κ3) is 5.89. The number of hydrogen-bond donors (Lipinski definition) is 1. The number of carbonyl (C=O) groups excluding carboxylic acids is 2. The van der Waals surface area contributed by atoms with Gasteiger partial charge in [0.05, 0.1) is 0 Å². The van der Waals surface area contributed by atoms with E-state index in [2.05, 4.69) is 27.8 Å². The summed E-state index contributed by atoms with van der Waals surface area (Å²) in [5, 5.41) is 3.17. The Morgan fingerprint density at radius 2 is 1.76 bits per heavy atom. The molecule has 2 aromatic rings. The van der Waals surface area contributed by atoms with Crippen molar-refractivity contribution in [3.05, 3.63) is 87.5 Å². The minimum Gasteiger partial charge on any atom is -0.457 e. The zero-order valence-electron chi connectivity index (χ0n) is 13.2. The van der Waals surface area contributed by atoms with E-state index in [9.17, 15) is 9.59 Å². The van der Waals surface area contributed by atoms with Crippen molar-refractivity contribution in [1.82, 2.24) is 5.32 Å². The van der Waals surface area contributed by atoms with Crippen molar-refractivity contribution >= 4 is 45.5 Å². The zero-order valence-corrected chi connectivity index (χ0v) is 15.5. The second-order valence-corrected chi connectivity index (χ2v) is 6.31. The van der Waals surface area contributed by atoms with Crippen LogP contribution in [-0.4, -0.2) is 18.5 Å². The SMILES string of the molecule is C=CCOC(=O)/C(=C/c1ccc(Cl)cc1)NC(=O)c1ccc(Br)cc1. The van der Waals surface area contributed by atoms with E-state index >= 15 is 0 Å². The third-order valence-electron chi connectivity index (χ3n) is 3.09.